The highest BCUT2D eigenvalue weighted by Crippen LogP contribution is 2.55. The van der Waals surface area contributed by atoms with Crippen molar-refractivity contribution in [2.45, 2.75) is 0 Å². The average molecular weight is 911 g/mol. The number of thiophene rings is 2. The van der Waals surface area contributed by atoms with Crippen LogP contribution in [0.1, 0.15) is 22.0 Å². The molecule has 0 unspecified atom stereocenters. The molecule has 14 rings (SSSR count). The van der Waals surface area contributed by atoms with Crippen molar-refractivity contribution in [3.63, 3.8) is 0 Å². The summed E-state index contributed by atoms with van der Waals surface area (Å²) in [5, 5.41) is 14.1. The van der Waals surface area contributed by atoms with Crippen LogP contribution in [-0.2, 0) is 0 Å². The van der Waals surface area contributed by atoms with Crippen molar-refractivity contribution in [1.82, 2.24) is 9.13 Å². The predicted octanol–water partition coefficient (Wildman–Crippen LogP) is 18.0. The normalized spacial score (nSPS) is 14.3. The number of nitrogens with zero attached hydrogens (tertiary/aromatic N) is 4. The van der Waals surface area contributed by atoms with Crippen LogP contribution in [0.3, 0.4) is 0 Å². The SMILES string of the molecule is [2H]c1c([2H])c([2H])c2c(sc3c2c([2H])c([2H])c2c4c([2H])c([2H])c5c(sc6c([2H])c([2H])c([2H])c([2H])c65)c4n(-c4c(C#N)c(-c5ccccc5)c([N+]#[C-])c(-n5c6ccccc6c6c(-c7ccccc7)cccc65)c4-c4ccccc4)c32)c1[2H]. The van der Waals surface area contributed by atoms with Gasteiger partial charge in [-0.3, -0.25) is 0 Å². The van der Waals surface area contributed by atoms with Crippen molar-refractivity contribution in [2.75, 3.05) is 0 Å². The number of fused-ring (bicyclic) bond motifs is 14. The number of aromatic nitrogens is 2. The van der Waals surface area contributed by atoms with E-state index in [-0.39, 0.29) is 96.7 Å². The second kappa shape index (κ2) is 14.9. The Morgan fingerprint density at radius 3 is 1.57 bits per heavy atom. The van der Waals surface area contributed by atoms with Crippen LogP contribution in [0.15, 0.2) is 206 Å². The first-order valence-corrected chi connectivity index (χ1v) is 23.3. The Labute approximate surface area is 415 Å². The first-order valence-electron chi connectivity index (χ1n) is 27.6. The zero-order chi connectivity index (χ0) is 55.5. The molecule has 14 aromatic rings. The highest BCUT2D eigenvalue weighted by Gasteiger charge is 2.33. The Morgan fingerprint density at radius 1 is 0.471 bits per heavy atom. The van der Waals surface area contributed by atoms with Crippen molar-refractivity contribution >= 4 is 112 Å². The molecule has 10 aromatic carbocycles. The van der Waals surface area contributed by atoms with Crippen molar-refractivity contribution < 1.29 is 16.4 Å². The van der Waals surface area contributed by atoms with Crippen molar-refractivity contribution in [3.8, 4) is 50.8 Å². The van der Waals surface area contributed by atoms with E-state index in [1.54, 1.807) is 4.57 Å². The summed E-state index contributed by atoms with van der Waals surface area (Å²) < 4.78 is 116. The maximum Gasteiger partial charge on any atom is 0.220 e. The fourth-order valence-corrected chi connectivity index (χ4v) is 12.4. The zero-order valence-electron chi connectivity index (χ0n) is 47.3. The van der Waals surface area contributed by atoms with Crippen LogP contribution in [0.2, 0.25) is 0 Å². The molecule has 4 heterocycles. The molecule has 6 heteroatoms. The Morgan fingerprint density at radius 2 is 0.985 bits per heavy atom. The van der Waals surface area contributed by atoms with Crippen molar-refractivity contribution in [3.05, 3.63) is 223 Å². The van der Waals surface area contributed by atoms with Crippen LogP contribution in [0.4, 0.5) is 5.69 Å². The topological polar surface area (TPSA) is 38.0 Å². The summed E-state index contributed by atoms with van der Waals surface area (Å²) in [5.41, 5.74) is 5.79. The number of hydrogen-bond acceptors (Lipinski definition) is 3. The second-order valence-corrected chi connectivity index (χ2v) is 18.4. The fourth-order valence-electron chi connectivity index (χ4n) is 10.2. The molecule has 4 aromatic heterocycles. The lowest BCUT2D eigenvalue weighted by Gasteiger charge is -2.26. The van der Waals surface area contributed by atoms with E-state index in [4.69, 9.17) is 5.48 Å². The molecule has 0 fully saturated rings. The number of rotatable bonds is 5. The molecular formula is C62H34N4S2. The molecule has 4 nitrogen and oxygen atoms in total. The first-order chi connectivity index (χ1) is 38.7. The molecule has 0 spiro atoms. The summed E-state index contributed by atoms with van der Waals surface area (Å²) in [7, 11) is 0. The maximum atomic E-state index is 12.3. The third-order valence-electron chi connectivity index (χ3n) is 12.9. The van der Waals surface area contributed by atoms with Crippen LogP contribution < -0.4 is 0 Å². The van der Waals surface area contributed by atoms with Gasteiger partial charge in [0.2, 0.25) is 5.69 Å². The molecule has 0 saturated heterocycles. The lowest BCUT2D eigenvalue weighted by molar-refractivity contribution is 1.14. The second-order valence-electron chi connectivity index (χ2n) is 16.3. The van der Waals surface area contributed by atoms with Gasteiger partial charge in [-0.25, -0.2) is 4.85 Å². The minimum atomic E-state index is -0.542. The Kier molecular flexibility index (Phi) is 6.19. The lowest BCUT2D eigenvalue weighted by Crippen LogP contribution is -2.09. The van der Waals surface area contributed by atoms with Crippen LogP contribution in [0, 0.1) is 17.9 Å². The summed E-state index contributed by atoms with van der Waals surface area (Å²) in [6.45, 7) is 9.38. The van der Waals surface area contributed by atoms with E-state index in [0.29, 0.717) is 22.4 Å². The summed E-state index contributed by atoms with van der Waals surface area (Å²) in [6, 6.07) is 39.4. The van der Waals surface area contributed by atoms with Gasteiger partial charge in [0.25, 0.3) is 0 Å². The number of benzene rings is 10. The van der Waals surface area contributed by atoms with Gasteiger partial charge in [0.05, 0.1) is 71.4 Å². The Bertz CT molecular complexity index is 5060. The minimum Gasteiger partial charge on any atom is -0.318 e. The van der Waals surface area contributed by atoms with Crippen molar-refractivity contribution in [2.24, 2.45) is 0 Å². The van der Waals surface area contributed by atoms with Gasteiger partial charge in [-0.15, -0.1) is 22.7 Å². The zero-order valence-corrected chi connectivity index (χ0v) is 36.9. The Hall–Kier alpha value is -8.78. The van der Waals surface area contributed by atoms with Crippen LogP contribution in [0.5, 0.6) is 0 Å². The first kappa shape index (κ1) is 28.3. The van der Waals surface area contributed by atoms with Crippen molar-refractivity contribution in [1.29, 1.82) is 5.26 Å². The van der Waals surface area contributed by atoms with E-state index >= 15 is 0 Å². The highest BCUT2D eigenvalue weighted by molar-refractivity contribution is 7.27. The molecule has 0 amide bonds. The molecule has 0 aliphatic carbocycles. The van der Waals surface area contributed by atoms with Gasteiger partial charge in [-0.1, -0.05) is 182 Å². The number of hydrogen-bond donors (Lipinski definition) is 0. The molecule has 0 radical (unpaired) electrons. The van der Waals surface area contributed by atoms with E-state index in [0.717, 1.165) is 55.6 Å². The molecule has 0 N–H and O–H groups in total. The smallest absolute Gasteiger partial charge is 0.220 e. The molecule has 0 aliphatic heterocycles. The van der Waals surface area contributed by atoms with Gasteiger partial charge < -0.3 is 9.13 Å². The number of nitriles is 1. The largest absolute Gasteiger partial charge is 0.318 e. The average Bonchev–Trinajstić information content (AvgIpc) is 4.33. The summed E-state index contributed by atoms with van der Waals surface area (Å²) >= 11 is 1.95. The highest BCUT2D eigenvalue weighted by atomic mass is 32.1. The summed E-state index contributed by atoms with van der Waals surface area (Å²) in [6.07, 6.45) is 0. The lowest BCUT2D eigenvalue weighted by atomic mass is 9.88. The molecular weight excluding hydrogens is 865 g/mol. The predicted molar refractivity (Wildman–Crippen MR) is 288 cm³/mol. The van der Waals surface area contributed by atoms with Gasteiger partial charge in [-0.2, -0.15) is 5.26 Å². The number of para-hydroxylation sites is 1. The van der Waals surface area contributed by atoms with E-state index in [9.17, 15) is 22.8 Å². The van der Waals surface area contributed by atoms with E-state index in [1.165, 1.54) is 0 Å². The fraction of sp³-hybridized carbons (Fsp3) is 0. The van der Waals surface area contributed by atoms with Crippen LogP contribution in [-0.4, -0.2) is 9.13 Å². The van der Waals surface area contributed by atoms with E-state index in [2.05, 4.69) is 17.0 Å². The molecule has 0 saturated carbocycles. The van der Waals surface area contributed by atoms with Gasteiger partial charge in [0.1, 0.15) is 6.07 Å². The molecule has 0 atom stereocenters. The van der Waals surface area contributed by atoms with Gasteiger partial charge >= 0.3 is 0 Å². The molecule has 68 heavy (non-hydrogen) atoms. The van der Waals surface area contributed by atoms with Gasteiger partial charge in [0.15, 0.2) is 0 Å². The van der Waals surface area contributed by atoms with Gasteiger partial charge in [-0.05, 0) is 46.5 Å². The maximum absolute atomic E-state index is 12.3. The third kappa shape index (κ3) is 5.33. The van der Waals surface area contributed by atoms with Crippen LogP contribution >= 0.6 is 22.7 Å². The Balaban J connectivity index is 1.35. The minimum absolute atomic E-state index is 0.000979. The van der Waals surface area contributed by atoms with E-state index < -0.39 is 60.4 Å². The standard InChI is InChI=1S/C62H34N4S2/c1-64-56-53(38-20-7-3-8-21-38)48(36-63)57(54(39-22-9-4-10-23-39)60(56)65-49-28-14-11-26-47(49)55-40(27-17-29-50(55)65)37-18-5-2-6-19-37)66-58-43(32-34-45-41-24-12-15-30-51(41)67-61(45)58)44-33-35-46-42-25-13-16-31-52(42)68-62(46)59(44)66/h2-35H/i12D,13D,15D,16D,24D,25D,30D,31D,32D,33D,34D,35D. The summed E-state index contributed by atoms with van der Waals surface area (Å²) in [5.74, 6) is 0. The van der Waals surface area contributed by atoms with Crippen LogP contribution in [0.25, 0.3) is 134 Å². The quantitative estimate of drug-likeness (QED) is 0.159. The molecule has 314 valence electrons. The monoisotopic (exact) mass is 910 g/mol. The molecule has 0 bridgehead atoms. The molecule has 0 aliphatic rings. The third-order valence-corrected chi connectivity index (χ3v) is 15.1. The van der Waals surface area contributed by atoms with Gasteiger partial charge in [0, 0.05) is 63.6 Å². The van der Waals surface area contributed by atoms with E-state index in [1.807, 2.05) is 132 Å². The summed E-state index contributed by atoms with van der Waals surface area (Å²) in [4.78, 5) is 4.43.